The van der Waals surface area contributed by atoms with Gasteiger partial charge in [0.1, 0.15) is 0 Å². The lowest BCUT2D eigenvalue weighted by molar-refractivity contribution is -0.197. The third kappa shape index (κ3) is 6.49. The third-order valence-electron chi connectivity index (χ3n) is 6.20. The number of piperazine rings is 1. The Balaban J connectivity index is 1.67. The van der Waals surface area contributed by atoms with Gasteiger partial charge in [0.25, 0.3) is 11.8 Å². The number of likely N-dealkylation sites (N-methyl/N-ethyl adjacent to an activating group) is 2. The van der Waals surface area contributed by atoms with Gasteiger partial charge in [0.05, 0.1) is 11.8 Å². The summed E-state index contributed by atoms with van der Waals surface area (Å²) in [7, 11) is 4.08. The summed E-state index contributed by atoms with van der Waals surface area (Å²) in [6, 6.07) is 0.477. The first-order valence-corrected chi connectivity index (χ1v) is 11.0. The van der Waals surface area contributed by atoms with Crippen molar-refractivity contribution in [3.8, 4) is 0 Å². The van der Waals surface area contributed by atoms with Crippen molar-refractivity contribution in [1.82, 2.24) is 25.5 Å². The van der Waals surface area contributed by atoms with Gasteiger partial charge in [-0.05, 0) is 34.9 Å². The molecule has 2 atom stereocenters. The number of carbonyl (C=O) groups excluding carboxylic acids is 5. The summed E-state index contributed by atoms with van der Waals surface area (Å²) in [4.78, 5) is 68.5. The molecule has 4 amide bonds. The fraction of sp³-hybridized carbons (Fsp3) is 0.762. The number of hydroxylamine groups is 2. The molecule has 0 aromatic rings. The van der Waals surface area contributed by atoms with Crippen molar-refractivity contribution in [1.29, 1.82) is 0 Å². The minimum Gasteiger partial charge on any atom is -0.355 e. The van der Waals surface area contributed by atoms with Crippen LogP contribution in [0, 0.1) is 5.41 Å². The standard InChI is InChI=1S/C21H35N5O6/c1-14-12-25(5)15(13-24(14)4)21(2,3)20(31)23-10-8-16(27)22-11-9-19(30)32-26-17(28)6-7-18(26)29/h14-15H,6-13H2,1-5H3,(H,22,27)(H,23,31). The Morgan fingerprint density at radius 3 is 2.19 bits per heavy atom. The third-order valence-corrected chi connectivity index (χ3v) is 6.20. The number of carbonyl (C=O) groups is 5. The largest absolute Gasteiger partial charge is 0.355 e. The van der Waals surface area contributed by atoms with Crippen LogP contribution >= 0.6 is 0 Å². The van der Waals surface area contributed by atoms with Crippen LogP contribution in [0.2, 0.25) is 0 Å². The van der Waals surface area contributed by atoms with Gasteiger partial charge in [0.15, 0.2) is 0 Å². The molecule has 2 unspecified atom stereocenters. The predicted molar refractivity (Wildman–Crippen MR) is 115 cm³/mol. The highest BCUT2D eigenvalue weighted by Gasteiger charge is 2.42. The summed E-state index contributed by atoms with van der Waals surface area (Å²) in [6.07, 6.45) is -0.0595. The van der Waals surface area contributed by atoms with Gasteiger partial charge in [0, 0.05) is 57.5 Å². The Bertz CT molecular complexity index is 739. The summed E-state index contributed by atoms with van der Waals surface area (Å²) < 4.78 is 0. The van der Waals surface area contributed by atoms with Crippen molar-refractivity contribution < 1.29 is 28.8 Å². The molecular weight excluding hydrogens is 418 g/mol. The topological polar surface area (TPSA) is 128 Å². The number of amides is 4. The van der Waals surface area contributed by atoms with Crippen LogP contribution in [0.3, 0.4) is 0 Å². The molecule has 2 aliphatic rings. The molecule has 2 N–H and O–H groups in total. The van der Waals surface area contributed by atoms with E-state index in [1.54, 1.807) is 0 Å². The molecule has 11 heteroatoms. The van der Waals surface area contributed by atoms with Crippen LogP contribution in [-0.4, -0.2) is 96.8 Å². The zero-order chi connectivity index (χ0) is 24.1. The molecule has 2 fully saturated rings. The Morgan fingerprint density at radius 2 is 1.56 bits per heavy atom. The zero-order valence-electron chi connectivity index (χ0n) is 19.6. The fourth-order valence-corrected chi connectivity index (χ4v) is 3.92. The van der Waals surface area contributed by atoms with Crippen molar-refractivity contribution in [2.24, 2.45) is 5.41 Å². The zero-order valence-corrected chi connectivity index (χ0v) is 19.6. The van der Waals surface area contributed by atoms with E-state index in [0.29, 0.717) is 11.1 Å². The second-order valence-electron chi connectivity index (χ2n) is 9.12. The van der Waals surface area contributed by atoms with Crippen molar-refractivity contribution in [3.05, 3.63) is 0 Å². The first kappa shape index (κ1) is 25.7. The summed E-state index contributed by atoms with van der Waals surface area (Å²) in [5.74, 6) is -2.32. The van der Waals surface area contributed by atoms with Crippen LogP contribution < -0.4 is 10.6 Å². The number of hydrogen-bond acceptors (Lipinski definition) is 8. The van der Waals surface area contributed by atoms with E-state index in [1.165, 1.54) is 0 Å². The van der Waals surface area contributed by atoms with Gasteiger partial charge in [0.2, 0.25) is 11.8 Å². The summed E-state index contributed by atoms with van der Waals surface area (Å²) >= 11 is 0. The molecule has 11 nitrogen and oxygen atoms in total. The second-order valence-corrected chi connectivity index (χ2v) is 9.12. The SMILES string of the molecule is CC1CN(C)C(C(C)(C)C(=O)NCCC(=O)NCCC(=O)ON2C(=O)CCC2=O)CN1C. The smallest absolute Gasteiger partial charge is 0.334 e. The van der Waals surface area contributed by atoms with E-state index in [4.69, 9.17) is 4.84 Å². The van der Waals surface area contributed by atoms with Crippen LogP contribution in [0.25, 0.3) is 0 Å². The molecule has 0 aromatic carbocycles. The fourth-order valence-electron chi connectivity index (χ4n) is 3.92. The minimum atomic E-state index is -0.778. The summed E-state index contributed by atoms with van der Waals surface area (Å²) in [5, 5.41) is 5.87. The average molecular weight is 454 g/mol. The van der Waals surface area contributed by atoms with Gasteiger partial charge in [-0.15, -0.1) is 5.06 Å². The van der Waals surface area contributed by atoms with Gasteiger partial charge in [-0.2, -0.15) is 0 Å². The molecular formula is C21H35N5O6. The lowest BCUT2D eigenvalue weighted by atomic mass is 9.80. The lowest BCUT2D eigenvalue weighted by Gasteiger charge is -2.48. The van der Waals surface area contributed by atoms with E-state index in [1.807, 2.05) is 20.9 Å². The quantitative estimate of drug-likeness (QED) is 0.437. The van der Waals surface area contributed by atoms with Crippen LogP contribution in [0.15, 0.2) is 0 Å². The number of nitrogens with zero attached hydrogens (tertiary/aromatic N) is 3. The van der Waals surface area contributed by atoms with Crippen molar-refractivity contribution in [3.63, 3.8) is 0 Å². The van der Waals surface area contributed by atoms with Gasteiger partial charge < -0.3 is 20.4 Å². The Labute approximate surface area is 188 Å². The highest BCUT2D eigenvalue weighted by atomic mass is 16.7. The highest BCUT2D eigenvalue weighted by Crippen LogP contribution is 2.29. The molecule has 0 aliphatic carbocycles. The Hall–Kier alpha value is -2.53. The number of hydrogen-bond donors (Lipinski definition) is 2. The van der Waals surface area contributed by atoms with E-state index in [0.717, 1.165) is 13.1 Å². The van der Waals surface area contributed by atoms with E-state index in [-0.39, 0.29) is 56.6 Å². The molecule has 2 aliphatic heterocycles. The Morgan fingerprint density at radius 1 is 0.969 bits per heavy atom. The maximum Gasteiger partial charge on any atom is 0.334 e. The van der Waals surface area contributed by atoms with Gasteiger partial charge in [-0.25, -0.2) is 4.79 Å². The molecule has 180 valence electrons. The van der Waals surface area contributed by atoms with E-state index >= 15 is 0 Å². The molecule has 2 rings (SSSR count). The predicted octanol–water partition coefficient (Wildman–Crippen LogP) is -0.733. The van der Waals surface area contributed by atoms with Crippen LogP contribution in [0.4, 0.5) is 0 Å². The number of nitrogens with one attached hydrogen (secondary N) is 2. The monoisotopic (exact) mass is 453 g/mol. The average Bonchev–Trinajstić information content (AvgIpc) is 3.02. The number of rotatable bonds is 9. The molecule has 2 saturated heterocycles. The van der Waals surface area contributed by atoms with E-state index in [9.17, 15) is 24.0 Å². The molecule has 2 heterocycles. The minimum absolute atomic E-state index is 0.00468. The van der Waals surface area contributed by atoms with Crippen molar-refractivity contribution in [2.75, 3.05) is 40.3 Å². The second kappa shape index (κ2) is 10.9. The van der Waals surface area contributed by atoms with Gasteiger partial charge >= 0.3 is 5.97 Å². The van der Waals surface area contributed by atoms with Crippen LogP contribution in [0.5, 0.6) is 0 Å². The molecule has 0 bridgehead atoms. The van der Waals surface area contributed by atoms with Crippen molar-refractivity contribution >= 4 is 29.6 Å². The molecule has 0 saturated carbocycles. The van der Waals surface area contributed by atoms with E-state index < -0.39 is 23.2 Å². The summed E-state index contributed by atoms with van der Waals surface area (Å²) in [5.41, 5.74) is -0.631. The molecule has 0 spiro atoms. The normalized spacial score (nSPS) is 22.7. The summed E-state index contributed by atoms with van der Waals surface area (Å²) in [6.45, 7) is 7.82. The van der Waals surface area contributed by atoms with E-state index in [2.05, 4.69) is 34.4 Å². The van der Waals surface area contributed by atoms with Crippen LogP contribution in [0.1, 0.15) is 46.5 Å². The molecule has 0 radical (unpaired) electrons. The number of imide groups is 1. The van der Waals surface area contributed by atoms with Crippen molar-refractivity contribution in [2.45, 2.75) is 58.5 Å². The maximum absolute atomic E-state index is 12.8. The first-order valence-electron chi connectivity index (χ1n) is 11.0. The lowest BCUT2D eigenvalue weighted by Crippen LogP contribution is -2.62. The van der Waals surface area contributed by atoms with Gasteiger partial charge in [-0.3, -0.25) is 24.1 Å². The van der Waals surface area contributed by atoms with Crippen LogP contribution in [-0.2, 0) is 28.8 Å². The Kier molecular flexibility index (Phi) is 8.73. The first-order chi connectivity index (χ1) is 14.9. The molecule has 32 heavy (non-hydrogen) atoms. The maximum atomic E-state index is 12.8. The molecule has 0 aromatic heterocycles. The highest BCUT2D eigenvalue weighted by molar-refractivity contribution is 6.01. The van der Waals surface area contributed by atoms with Gasteiger partial charge in [-0.1, -0.05) is 0 Å².